The minimum absolute atomic E-state index is 0.0245. The Morgan fingerprint density at radius 3 is 1.31 bits per heavy atom. The molecule has 0 radical (unpaired) electrons. The maximum Gasteiger partial charge on any atom is 0.257 e. The lowest BCUT2D eigenvalue weighted by Gasteiger charge is -2.14. The lowest BCUT2D eigenvalue weighted by Crippen LogP contribution is -2.45. The molecule has 0 bridgehead atoms. The minimum Gasteiger partial charge on any atom is -0.409 e. The summed E-state index contributed by atoms with van der Waals surface area (Å²) in [6.45, 7) is 12.0. The quantitative estimate of drug-likeness (QED) is 0.00375. The van der Waals surface area contributed by atoms with Gasteiger partial charge in [-0.2, -0.15) is 15.0 Å². The van der Waals surface area contributed by atoms with Crippen LogP contribution in [0.3, 0.4) is 0 Å². The molecular weight excluding hydrogens is 1170 g/mol. The highest BCUT2D eigenvalue weighted by atomic mass is 35.5. The predicted molar refractivity (Wildman–Crippen MR) is 358 cm³/mol. The Hall–Kier alpha value is -7.49. The van der Waals surface area contributed by atoms with Crippen molar-refractivity contribution in [1.29, 1.82) is 0 Å². The lowest BCUT2D eigenvalue weighted by atomic mass is 10.1. The number of carbonyl (C=O) groups excluding carboxylic acids is 3. The van der Waals surface area contributed by atoms with Gasteiger partial charge in [0.05, 0.1) is 12.7 Å². The van der Waals surface area contributed by atoms with Crippen molar-refractivity contribution in [1.82, 2.24) is 41.1 Å². The number of rotatable bonds is 34. The topological polar surface area (TPSA) is 317 Å². The minimum atomic E-state index is -0.610. The zero-order valence-corrected chi connectivity index (χ0v) is 55.1. The second-order valence-electron chi connectivity index (χ2n) is 22.7. The number of aliphatic hydroxyl groups is 2. The Morgan fingerprint density at radius 1 is 0.571 bits per heavy atom. The summed E-state index contributed by atoms with van der Waals surface area (Å²) in [7, 11) is 0. The number of hydrogen-bond acceptors (Lipinski definition) is 18. The summed E-state index contributed by atoms with van der Waals surface area (Å²) in [6, 6.07) is 28.9. The number of nitrogens with two attached hydrogens (primary N) is 2. The summed E-state index contributed by atoms with van der Waals surface area (Å²) in [6.07, 6.45) is 27.9. The van der Waals surface area contributed by atoms with E-state index in [1.807, 2.05) is 72.8 Å². The van der Waals surface area contributed by atoms with Crippen LogP contribution in [0.25, 0.3) is 34.4 Å². The number of amides is 1. The van der Waals surface area contributed by atoms with Gasteiger partial charge in [0.15, 0.2) is 23.3 Å². The van der Waals surface area contributed by atoms with Gasteiger partial charge in [-0.15, -0.1) is 0 Å². The van der Waals surface area contributed by atoms with E-state index >= 15 is 0 Å². The summed E-state index contributed by atoms with van der Waals surface area (Å²) in [5, 5.41) is 47.4. The van der Waals surface area contributed by atoms with Gasteiger partial charge in [-0.25, -0.2) is 0 Å². The first kappa shape index (κ1) is 76.0. The number of Topliss-reactive ketones (excluding diaryl/α,β-unsaturated/α-hetero) is 1. The maximum atomic E-state index is 12.1. The van der Waals surface area contributed by atoms with Crippen molar-refractivity contribution in [2.45, 2.75) is 227 Å². The molecule has 1 aliphatic rings. The number of unbranched alkanes of at least 4 members (excludes halogenated alkanes) is 16. The van der Waals surface area contributed by atoms with Crippen molar-refractivity contribution in [3.05, 3.63) is 142 Å². The summed E-state index contributed by atoms with van der Waals surface area (Å²) in [4.78, 5) is 46.9. The molecule has 2 atom stereocenters. The third-order valence-electron chi connectivity index (χ3n) is 15.1. The molecule has 1 aliphatic heterocycles. The van der Waals surface area contributed by atoms with Crippen LogP contribution in [0.15, 0.2) is 116 Å². The Labute approximate surface area is 543 Å². The molecule has 4 aromatic carbocycles. The van der Waals surface area contributed by atoms with E-state index in [0.29, 0.717) is 60.7 Å². The number of benzene rings is 4. The second kappa shape index (κ2) is 45.7. The van der Waals surface area contributed by atoms with Crippen molar-refractivity contribution >= 4 is 34.4 Å². The normalized spacial score (nSPS) is 13.4. The molecule has 1 saturated heterocycles. The second-order valence-corrected chi connectivity index (χ2v) is 23.0. The third-order valence-corrected chi connectivity index (χ3v) is 15.3. The largest absolute Gasteiger partial charge is 0.409 e. The van der Waals surface area contributed by atoms with Gasteiger partial charge >= 0.3 is 0 Å². The monoisotopic (exact) mass is 1270 g/mol. The van der Waals surface area contributed by atoms with Gasteiger partial charge in [0.2, 0.25) is 5.91 Å². The number of hydrogen-bond donors (Lipinski definition) is 7. The highest BCUT2D eigenvalue weighted by Crippen LogP contribution is 2.22. The van der Waals surface area contributed by atoms with Gasteiger partial charge in [-0.1, -0.05) is 200 Å². The SMILES string of the molecule is CC(=O)c1ccc(C(=O)Cl)cc1.CCCCCCC/C(N)=N/O.CCCCCCCc1noc(-c2ccc(CN)cc2)n1.CCCCCCCc1noc(-c2ccc(CNC(=O)C3NCCC3O)cc2)n1.CCCCCCCc1noc(-c2ccc(CO)cc2)n1. The van der Waals surface area contributed by atoms with Crippen LogP contribution >= 0.6 is 11.6 Å². The molecule has 8 rings (SSSR count). The van der Waals surface area contributed by atoms with Crippen LogP contribution in [0.4, 0.5) is 0 Å². The van der Waals surface area contributed by atoms with Gasteiger partial charge in [0.1, 0.15) is 11.9 Å². The van der Waals surface area contributed by atoms with Crippen LogP contribution in [0, 0.1) is 0 Å². The fourth-order valence-electron chi connectivity index (χ4n) is 9.43. The Kier molecular flexibility index (Phi) is 38.2. The molecule has 1 amide bonds. The van der Waals surface area contributed by atoms with Crippen LogP contribution < -0.4 is 22.1 Å². The number of oxime groups is 1. The number of aryl methyl sites for hydroxylation is 3. The highest BCUT2D eigenvalue weighted by molar-refractivity contribution is 6.67. The van der Waals surface area contributed by atoms with E-state index in [-0.39, 0.29) is 18.3 Å². The lowest BCUT2D eigenvalue weighted by molar-refractivity contribution is -0.124. The van der Waals surface area contributed by atoms with Gasteiger partial charge in [0, 0.05) is 66.6 Å². The number of aliphatic hydroxyl groups excluding tert-OH is 2. The molecule has 2 unspecified atom stereocenters. The number of nitrogens with zero attached hydrogens (tertiary/aromatic N) is 7. The molecular formula is C70H100ClN11O9. The number of nitrogens with one attached hydrogen (secondary N) is 2. The fourth-order valence-corrected chi connectivity index (χ4v) is 9.56. The van der Waals surface area contributed by atoms with Crippen LogP contribution in [0.2, 0.25) is 0 Å². The van der Waals surface area contributed by atoms with E-state index < -0.39 is 17.4 Å². The Morgan fingerprint density at radius 2 is 0.956 bits per heavy atom. The average Bonchev–Trinajstić information content (AvgIpc) is 2.75. The summed E-state index contributed by atoms with van der Waals surface area (Å²) in [5.74, 6) is 4.17. The first-order valence-electron chi connectivity index (χ1n) is 32.8. The van der Waals surface area contributed by atoms with Crippen molar-refractivity contribution in [3.8, 4) is 34.4 Å². The van der Waals surface area contributed by atoms with Gasteiger partial charge in [-0.05, 0) is 122 Å². The number of aromatic nitrogens is 6. The number of halogens is 1. The van der Waals surface area contributed by atoms with Crippen molar-refractivity contribution < 1.29 is 43.4 Å². The summed E-state index contributed by atoms with van der Waals surface area (Å²) in [5.41, 5.74) is 17.5. The highest BCUT2D eigenvalue weighted by Gasteiger charge is 2.30. The van der Waals surface area contributed by atoms with E-state index in [9.17, 15) is 19.5 Å². The summed E-state index contributed by atoms with van der Waals surface area (Å²) < 4.78 is 16.0. The standard InChI is InChI=1S/C21H30N4O3.C16H23N3O.C16H22N2O2.C9H7ClO2.C8H18N2O/c1-2-3-4-5-6-7-18-24-21(28-25-18)16-10-8-15(9-11-16)14-23-20(27)19-17(26)12-13-22-19;1-2-3-4-5-6-7-15-18-16(20-19-15)14-10-8-13(12-17)9-11-14;1-2-3-4-5-6-7-15-17-16(20-18-15)14-10-8-13(12-19)9-11-14;1-6(11)7-2-4-8(5-3-7)9(10)12;1-2-3-4-5-6-7-8(9)10-11/h8-11,17,19,22,26H,2-7,12-14H2,1H3,(H,23,27);8-11H,2-7,12,17H2,1H3;8-11,19H,2-7,12H2,1H3;2-5H,1H3;11H,2-7H2,1H3,(H2,9,10). The van der Waals surface area contributed by atoms with Crippen LogP contribution in [0.5, 0.6) is 0 Å². The zero-order valence-electron chi connectivity index (χ0n) is 54.4. The van der Waals surface area contributed by atoms with Crippen molar-refractivity contribution in [2.75, 3.05) is 6.54 Å². The number of carbonyl (C=O) groups is 3. The molecule has 9 N–H and O–H groups in total. The zero-order chi connectivity index (χ0) is 65.9. The van der Waals surface area contributed by atoms with Gasteiger partial charge in [-0.3, -0.25) is 14.4 Å². The third kappa shape index (κ3) is 30.5. The number of ketones is 1. The maximum absolute atomic E-state index is 12.1. The first-order chi connectivity index (χ1) is 44.2. The Bertz CT molecular complexity index is 2970. The molecule has 4 heterocycles. The first-order valence-corrected chi connectivity index (χ1v) is 33.2. The summed E-state index contributed by atoms with van der Waals surface area (Å²) >= 11 is 5.21. The molecule has 21 heteroatoms. The molecule has 0 spiro atoms. The Balaban J connectivity index is 0.000000253. The van der Waals surface area contributed by atoms with Crippen molar-refractivity contribution in [3.63, 3.8) is 0 Å². The fraction of sp³-hybridized carbons (Fsp3) is 0.514. The molecule has 7 aromatic rings. The molecule has 0 saturated carbocycles. The van der Waals surface area contributed by atoms with Crippen LogP contribution in [0.1, 0.15) is 231 Å². The average molecular weight is 1280 g/mol. The molecule has 0 aliphatic carbocycles. The van der Waals surface area contributed by atoms with E-state index in [1.165, 1.54) is 122 Å². The van der Waals surface area contributed by atoms with Crippen molar-refractivity contribution in [2.24, 2.45) is 16.6 Å². The molecule has 3 aromatic heterocycles. The molecule has 20 nitrogen and oxygen atoms in total. The van der Waals surface area contributed by atoms with E-state index in [4.69, 9.17) is 47.0 Å². The van der Waals surface area contributed by atoms with Crippen LogP contribution in [-0.2, 0) is 43.8 Å². The molecule has 1 fully saturated rings. The van der Waals surface area contributed by atoms with E-state index in [1.54, 1.807) is 12.1 Å². The molecule has 91 heavy (non-hydrogen) atoms. The predicted octanol–water partition coefficient (Wildman–Crippen LogP) is 14.4. The van der Waals surface area contributed by atoms with Gasteiger partial charge < -0.3 is 51.1 Å². The van der Waals surface area contributed by atoms with Gasteiger partial charge in [0.25, 0.3) is 22.9 Å². The van der Waals surface area contributed by atoms with E-state index in [0.717, 1.165) is 102 Å². The number of amidine groups is 1. The van der Waals surface area contributed by atoms with Crippen LogP contribution in [-0.4, -0.2) is 87.3 Å². The van der Waals surface area contributed by atoms with E-state index in [2.05, 4.69) is 73.9 Å². The molecule has 496 valence electrons. The smallest absolute Gasteiger partial charge is 0.257 e.